The predicted molar refractivity (Wildman–Crippen MR) is 129 cm³/mol. The molecule has 0 unspecified atom stereocenters. The number of fused-ring (bicyclic) bond motifs is 1. The van der Waals surface area contributed by atoms with Crippen LogP contribution >= 0.6 is 11.3 Å². The maximum absolute atomic E-state index is 12.4. The number of hydrazone groups is 1. The van der Waals surface area contributed by atoms with Gasteiger partial charge in [-0.15, -0.1) is 11.3 Å². The SMILES string of the molecule is CCN(CC)c1ccc(N/N=C(\C#N)c2nc(-c3cc4ccccc4oc3=O)cs2)cc1. The summed E-state index contributed by atoms with van der Waals surface area (Å²) in [6, 6.07) is 19.0. The van der Waals surface area contributed by atoms with E-state index in [1.165, 1.54) is 11.3 Å². The van der Waals surface area contributed by atoms with Crippen LogP contribution in [0.2, 0.25) is 0 Å². The minimum atomic E-state index is -0.470. The predicted octanol–water partition coefficient (Wildman–Crippen LogP) is 5.10. The van der Waals surface area contributed by atoms with Crippen molar-refractivity contribution in [3.05, 3.63) is 75.4 Å². The van der Waals surface area contributed by atoms with Crippen molar-refractivity contribution in [2.24, 2.45) is 5.10 Å². The number of thiazole rings is 1. The molecule has 2 heterocycles. The van der Waals surface area contributed by atoms with E-state index in [2.05, 4.69) is 40.3 Å². The Kier molecular flexibility index (Phi) is 6.29. The molecule has 0 aliphatic carbocycles. The topological polar surface area (TPSA) is 94.5 Å². The van der Waals surface area contributed by atoms with Crippen LogP contribution in [0.4, 0.5) is 11.4 Å². The molecule has 0 saturated carbocycles. The Bertz CT molecular complexity index is 1360. The zero-order valence-corrected chi connectivity index (χ0v) is 18.5. The molecule has 2 aromatic heterocycles. The van der Waals surface area contributed by atoms with Gasteiger partial charge >= 0.3 is 5.63 Å². The van der Waals surface area contributed by atoms with Crippen molar-refractivity contribution in [1.82, 2.24) is 4.98 Å². The molecule has 0 saturated heterocycles. The minimum absolute atomic E-state index is 0.138. The Morgan fingerprint density at radius 1 is 1.19 bits per heavy atom. The summed E-state index contributed by atoms with van der Waals surface area (Å²) in [6.45, 7) is 6.09. The number of benzene rings is 2. The average Bonchev–Trinajstić information content (AvgIpc) is 3.30. The molecule has 2 aromatic carbocycles. The molecule has 32 heavy (non-hydrogen) atoms. The Balaban J connectivity index is 1.56. The number of para-hydroxylation sites is 1. The minimum Gasteiger partial charge on any atom is -0.422 e. The van der Waals surface area contributed by atoms with E-state index < -0.39 is 5.63 Å². The Hall–Kier alpha value is -3.96. The van der Waals surface area contributed by atoms with Gasteiger partial charge in [-0.1, -0.05) is 18.2 Å². The highest BCUT2D eigenvalue weighted by Gasteiger charge is 2.14. The number of nitrogens with one attached hydrogen (secondary N) is 1. The maximum atomic E-state index is 12.4. The van der Waals surface area contributed by atoms with E-state index in [0.717, 1.165) is 29.9 Å². The molecular weight excluding hydrogens is 422 g/mol. The van der Waals surface area contributed by atoms with Crippen molar-refractivity contribution in [2.45, 2.75) is 13.8 Å². The number of nitriles is 1. The molecule has 8 heteroatoms. The van der Waals surface area contributed by atoms with E-state index in [1.54, 1.807) is 17.5 Å². The number of aromatic nitrogens is 1. The molecule has 0 amide bonds. The highest BCUT2D eigenvalue weighted by Crippen LogP contribution is 2.23. The van der Waals surface area contributed by atoms with Crippen LogP contribution < -0.4 is 16.0 Å². The lowest BCUT2D eigenvalue weighted by molar-refractivity contribution is 0.563. The molecular formula is C24H21N5O2S. The summed E-state index contributed by atoms with van der Waals surface area (Å²) < 4.78 is 5.39. The van der Waals surface area contributed by atoms with E-state index in [1.807, 2.05) is 42.5 Å². The van der Waals surface area contributed by atoms with Crippen molar-refractivity contribution >= 4 is 39.4 Å². The fraction of sp³-hybridized carbons (Fsp3) is 0.167. The summed E-state index contributed by atoms with van der Waals surface area (Å²) in [5.41, 5.74) is 5.80. The van der Waals surface area contributed by atoms with Crippen LogP contribution in [0.5, 0.6) is 0 Å². The highest BCUT2D eigenvalue weighted by atomic mass is 32.1. The van der Waals surface area contributed by atoms with Gasteiger partial charge in [0.25, 0.3) is 0 Å². The first kappa shape index (κ1) is 21.3. The van der Waals surface area contributed by atoms with Gasteiger partial charge in [0.05, 0.1) is 16.9 Å². The number of nitrogens with zero attached hydrogens (tertiary/aromatic N) is 4. The van der Waals surface area contributed by atoms with Gasteiger partial charge in [0, 0.05) is 29.5 Å². The van der Waals surface area contributed by atoms with Gasteiger partial charge in [-0.25, -0.2) is 9.78 Å². The van der Waals surface area contributed by atoms with Gasteiger partial charge < -0.3 is 9.32 Å². The zero-order chi connectivity index (χ0) is 22.5. The molecule has 0 radical (unpaired) electrons. The lowest BCUT2D eigenvalue weighted by Crippen LogP contribution is -2.21. The smallest absolute Gasteiger partial charge is 0.345 e. The van der Waals surface area contributed by atoms with Crippen LogP contribution in [-0.4, -0.2) is 23.8 Å². The van der Waals surface area contributed by atoms with Gasteiger partial charge in [0.1, 0.15) is 11.7 Å². The molecule has 0 spiro atoms. The first-order valence-corrected chi connectivity index (χ1v) is 11.1. The fourth-order valence-corrected chi connectivity index (χ4v) is 4.08. The van der Waals surface area contributed by atoms with Gasteiger partial charge in [-0.3, -0.25) is 5.43 Å². The van der Waals surface area contributed by atoms with Gasteiger partial charge in [-0.2, -0.15) is 10.4 Å². The van der Waals surface area contributed by atoms with Crippen LogP contribution in [0.1, 0.15) is 18.9 Å². The average molecular weight is 444 g/mol. The summed E-state index contributed by atoms with van der Waals surface area (Å²) in [6.07, 6.45) is 0. The summed E-state index contributed by atoms with van der Waals surface area (Å²) in [5.74, 6) is 0. The third kappa shape index (κ3) is 4.38. The van der Waals surface area contributed by atoms with Crippen LogP contribution in [0.15, 0.2) is 74.3 Å². The molecule has 0 fully saturated rings. The Morgan fingerprint density at radius 3 is 2.66 bits per heavy atom. The summed E-state index contributed by atoms with van der Waals surface area (Å²) in [4.78, 5) is 19.1. The molecule has 0 aliphatic heterocycles. The Morgan fingerprint density at radius 2 is 1.94 bits per heavy atom. The normalized spacial score (nSPS) is 11.3. The zero-order valence-electron chi connectivity index (χ0n) is 17.7. The molecule has 0 atom stereocenters. The monoisotopic (exact) mass is 443 g/mol. The number of rotatable bonds is 7. The third-order valence-corrected chi connectivity index (χ3v) is 5.87. The molecule has 7 nitrogen and oxygen atoms in total. The van der Waals surface area contributed by atoms with Gasteiger partial charge in [0.15, 0.2) is 10.7 Å². The fourth-order valence-electron chi connectivity index (χ4n) is 3.32. The van der Waals surface area contributed by atoms with E-state index in [0.29, 0.717) is 21.8 Å². The molecule has 0 bridgehead atoms. The number of hydrogen-bond acceptors (Lipinski definition) is 8. The molecule has 0 aliphatic rings. The molecule has 4 aromatic rings. The standard InChI is InChI=1S/C24H21N5O2S/c1-3-29(4-2)18-11-9-17(10-12-18)27-28-20(14-25)23-26-21(15-32-23)19-13-16-7-5-6-8-22(16)31-24(19)30/h5-13,15,27H,3-4H2,1-2H3/b28-20+. The van der Waals surface area contributed by atoms with E-state index >= 15 is 0 Å². The molecule has 160 valence electrons. The molecule has 4 rings (SSSR count). The number of hydrogen-bond donors (Lipinski definition) is 1. The lowest BCUT2D eigenvalue weighted by atomic mass is 10.1. The van der Waals surface area contributed by atoms with E-state index in [4.69, 9.17) is 4.42 Å². The molecule has 1 N–H and O–H groups in total. The summed E-state index contributed by atoms with van der Waals surface area (Å²) in [7, 11) is 0. The van der Waals surface area contributed by atoms with Gasteiger partial charge in [-0.05, 0) is 50.2 Å². The first-order chi connectivity index (χ1) is 15.6. The van der Waals surface area contributed by atoms with Crippen molar-refractivity contribution in [3.63, 3.8) is 0 Å². The quantitative estimate of drug-likeness (QED) is 0.242. The van der Waals surface area contributed by atoms with Crippen molar-refractivity contribution in [1.29, 1.82) is 5.26 Å². The van der Waals surface area contributed by atoms with Crippen LogP contribution in [0.25, 0.3) is 22.2 Å². The highest BCUT2D eigenvalue weighted by molar-refractivity contribution is 7.12. The maximum Gasteiger partial charge on any atom is 0.345 e. The Labute approximate surface area is 189 Å². The van der Waals surface area contributed by atoms with E-state index in [9.17, 15) is 10.1 Å². The second-order valence-electron chi connectivity index (χ2n) is 6.93. The van der Waals surface area contributed by atoms with Crippen molar-refractivity contribution in [3.8, 4) is 17.3 Å². The van der Waals surface area contributed by atoms with Crippen molar-refractivity contribution in [2.75, 3.05) is 23.4 Å². The first-order valence-electron chi connectivity index (χ1n) is 10.2. The summed E-state index contributed by atoms with van der Waals surface area (Å²) in [5, 5.41) is 16.7. The van der Waals surface area contributed by atoms with Crippen LogP contribution in [-0.2, 0) is 0 Å². The second-order valence-corrected chi connectivity index (χ2v) is 7.78. The summed E-state index contributed by atoms with van der Waals surface area (Å²) >= 11 is 1.25. The second kappa shape index (κ2) is 9.45. The van der Waals surface area contributed by atoms with Crippen molar-refractivity contribution < 1.29 is 4.42 Å². The van der Waals surface area contributed by atoms with Crippen LogP contribution in [0, 0.1) is 11.3 Å². The van der Waals surface area contributed by atoms with E-state index in [-0.39, 0.29) is 5.71 Å². The van der Waals surface area contributed by atoms with Gasteiger partial charge in [0.2, 0.25) is 0 Å². The lowest BCUT2D eigenvalue weighted by Gasteiger charge is -2.21. The van der Waals surface area contributed by atoms with Crippen LogP contribution in [0.3, 0.4) is 0 Å². The largest absolute Gasteiger partial charge is 0.422 e. The number of anilines is 2. The third-order valence-electron chi connectivity index (χ3n) is 5.02.